The van der Waals surface area contributed by atoms with Crippen molar-refractivity contribution in [2.75, 3.05) is 17.4 Å². The van der Waals surface area contributed by atoms with Crippen molar-refractivity contribution in [3.63, 3.8) is 0 Å². The van der Waals surface area contributed by atoms with Gasteiger partial charge in [0.2, 0.25) is 17.7 Å². The highest BCUT2D eigenvalue weighted by Gasteiger charge is 2.70. The molecule has 3 fully saturated rings. The number of aromatic hydroxyl groups is 1. The van der Waals surface area contributed by atoms with Crippen molar-refractivity contribution >= 4 is 57.7 Å². The minimum atomic E-state index is -1.67. The zero-order chi connectivity index (χ0) is 40.7. The number of hydrogen-bond acceptors (Lipinski definition) is 9. The third kappa shape index (κ3) is 5.50. The maximum atomic E-state index is 15.4. The molecule has 4 amide bonds. The number of para-hydroxylation sites is 2. The van der Waals surface area contributed by atoms with E-state index in [2.05, 4.69) is 10.4 Å². The van der Waals surface area contributed by atoms with Gasteiger partial charge in [0, 0.05) is 22.1 Å². The Morgan fingerprint density at radius 1 is 0.881 bits per heavy atom. The molecule has 0 radical (unpaired) electrons. The average molecular weight is 809 g/mol. The smallest absolute Gasteiger partial charge is 0.260 e. The van der Waals surface area contributed by atoms with Gasteiger partial charge in [-0.2, -0.15) is 5.01 Å². The molecule has 10 rings (SSSR count). The van der Waals surface area contributed by atoms with E-state index in [0.29, 0.717) is 61.4 Å². The number of carbonyl (C=O) groups is 4. The summed E-state index contributed by atoms with van der Waals surface area (Å²) in [6, 6.07) is 30.9. The third-order valence-electron chi connectivity index (χ3n) is 12.5. The fourth-order valence-electron chi connectivity index (χ4n) is 9.89. The number of imide groups is 2. The van der Waals surface area contributed by atoms with Crippen LogP contribution < -0.4 is 15.1 Å². The lowest BCUT2D eigenvalue weighted by atomic mass is 9.49. The monoisotopic (exact) mass is 808 g/mol. The number of ether oxygens (including phenoxy) is 1. The molecule has 6 unspecified atom stereocenters. The van der Waals surface area contributed by atoms with Crippen molar-refractivity contribution in [2.24, 2.45) is 23.7 Å². The average Bonchev–Trinajstić information content (AvgIpc) is 3.86. The molecule has 13 heteroatoms. The highest BCUT2D eigenvalue weighted by atomic mass is 35.5. The van der Waals surface area contributed by atoms with Gasteiger partial charge in [-0.3, -0.25) is 29.5 Å². The summed E-state index contributed by atoms with van der Waals surface area (Å²) < 4.78 is 25.5. The van der Waals surface area contributed by atoms with Gasteiger partial charge in [0.25, 0.3) is 11.8 Å². The largest absolute Gasteiger partial charge is 0.508 e. The molecule has 294 valence electrons. The van der Waals surface area contributed by atoms with E-state index in [1.54, 1.807) is 60.7 Å². The Hall–Kier alpha value is -6.79. The summed E-state index contributed by atoms with van der Waals surface area (Å²) in [6.45, 7) is 0. The molecule has 3 heterocycles. The maximum Gasteiger partial charge on any atom is 0.260 e. The van der Waals surface area contributed by atoms with Crippen molar-refractivity contribution < 1.29 is 37.8 Å². The third-order valence-corrected chi connectivity index (χ3v) is 12.7. The quantitative estimate of drug-likeness (QED) is 0.121. The number of hydrogen-bond donors (Lipinski definition) is 2. The van der Waals surface area contributed by atoms with Crippen molar-refractivity contribution in [1.82, 2.24) is 9.99 Å². The first-order chi connectivity index (χ1) is 28.6. The molecule has 2 aliphatic heterocycles. The molecular weight excluding hydrogens is 775 g/mol. The Bertz CT molecular complexity index is 2720. The van der Waals surface area contributed by atoms with E-state index in [-0.39, 0.29) is 24.5 Å². The Morgan fingerprint density at radius 3 is 2.36 bits per heavy atom. The first-order valence-electron chi connectivity index (χ1n) is 19.2. The van der Waals surface area contributed by atoms with Crippen LogP contribution in [0.25, 0.3) is 22.6 Å². The first-order valence-corrected chi connectivity index (χ1v) is 19.5. The van der Waals surface area contributed by atoms with E-state index in [0.717, 1.165) is 5.01 Å². The molecule has 6 aromatic rings. The summed E-state index contributed by atoms with van der Waals surface area (Å²) in [5.74, 6) is -6.21. The number of amides is 4. The number of anilines is 2. The summed E-state index contributed by atoms with van der Waals surface area (Å²) in [5.41, 5.74) is 5.38. The molecule has 11 nitrogen and oxygen atoms in total. The number of carbonyl (C=O) groups excluding carboxylic acids is 4. The zero-order valence-electron chi connectivity index (χ0n) is 31.3. The number of nitrogens with zero attached hydrogens (tertiary/aromatic N) is 3. The number of nitrogens with one attached hydrogen (secondary N) is 1. The Kier molecular flexibility index (Phi) is 8.46. The zero-order valence-corrected chi connectivity index (χ0v) is 32.1. The standard InChI is InChI=1S/C46H34ClFN4O7/c1-58-30-18-21-37(53)34(22-30)40-31-19-20-32-39(44(56)51(42(32)54)29-16-6-24(7-17-29)41-49-36-4-2-3-5-38(36)59-41)33(31)23-35-43(55)52(50-28-14-12-27(48)13-15-28)45(57)46(35,40)25-8-10-26(47)11-9-25/h2-19,21-22,32-33,35,39-40,50,53H,20,23H2,1H3. The molecule has 2 N–H and O–H groups in total. The topological polar surface area (TPSA) is 142 Å². The van der Waals surface area contributed by atoms with Crippen LogP contribution in [0.3, 0.4) is 0 Å². The lowest BCUT2D eigenvalue weighted by Crippen LogP contribution is -2.53. The van der Waals surface area contributed by atoms with E-state index >= 15 is 4.79 Å². The van der Waals surface area contributed by atoms with Crippen molar-refractivity contribution in [3.8, 4) is 23.0 Å². The molecular formula is C46H34ClFN4O7. The van der Waals surface area contributed by atoms with E-state index in [1.165, 1.54) is 42.3 Å². The van der Waals surface area contributed by atoms with Gasteiger partial charge in [0.15, 0.2) is 5.58 Å². The fourth-order valence-corrected chi connectivity index (χ4v) is 10.0. The van der Waals surface area contributed by atoms with Crippen molar-refractivity contribution in [3.05, 3.63) is 149 Å². The molecule has 1 aromatic heterocycles. The highest BCUT2D eigenvalue weighted by Crippen LogP contribution is 2.65. The van der Waals surface area contributed by atoms with Crippen LogP contribution in [0.5, 0.6) is 11.5 Å². The van der Waals surface area contributed by atoms with Gasteiger partial charge in [0.1, 0.15) is 22.8 Å². The molecule has 59 heavy (non-hydrogen) atoms. The van der Waals surface area contributed by atoms with Crippen LogP contribution >= 0.6 is 11.6 Å². The lowest BCUT2D eigenvalue weighted by molar-refractivity contribution is -0.138. The predicted molar refractivity (Wildman–Crippen MR) is 216 cm³/mol. The van der Waals surface area contributed by atoms with Crippen molar-refractivity contribution in [1.29, 1.82) is 0 Å². The Balaban J connectivity index is 1.09. The molecule has 2 aliphatic carbocycles. The number of halogens is 2. The number of benzene rings is 5. The summed E-state index contributed by atoms with van der Waals surface area (Å²) >= 11 is 6.39. The van der Waals surface area contributed by atoms with E-state index in [1.807, 2.05) is 30.3 Å². The number of hydrazine groups is 1. The molecule has 0 spiro atoms. The minimum Gasteiger partial charge on any atom is -0.508 e. The van der Waals surface area contributed by atoms with Crippen LogP contribution in [-0.2, 0) is 24.6 Å². The van der Waals surface area contributed by atoms with Crippen LogP contribution in [0.1, 0.15) is 29.9 Å². The van der Waals surface area contributed by atoms with Gasteiger partial charge >= 0.3 is 0 Å². The summed E-state index contributed by atoms with van der Waals surface area (Å²) in [7, 11) is 1.48. The highest BCUT2D eigenvalue weighted by molar-refractivity contribution is 6.30. The molecule has 5 aromatic carbocycles. The van der Waals surface area contributed by atoms with Gasteiger partial charge in [-0.15, -0.1) is 0 Å². The number of methoxy groups -OCH3 is 1. The summed E-state index contributed by atoms with van der Waals surface area (Å²) in [5, 5.41) is 13.1. The number of rotatable bonds is 7. The first kappa shape index (κ1) is 36.5. The van der Waals surface area contributed by atoms with Gasteiger partial charge in [-0.1, -0.05) is 47.5 Å². The SMILES string of the molecule is COc1ccc(O)c(C2C3=CCC4C(=O)N(c5ccc(-c6nc7ccccc7o6)cc5)C(=O)C4C3CC3C(=O)N(Nc4ccc(F)cc4)C(=O)C32c2ccc(Cl)cc2)c1. The van der Waals surface area contributed by atoms with Crippen LogP contribution in [0.2, 0.25) is 5.02 Å². The van der Waals surface area contributed by atoms with Gasteiger partial charge in [-0.05, 0) is 115 Å². The number of oxazole rings is 1. The Morgan fingerprint density at radius 2 is 1.63 bits per heavy atom. The maximum absolute atomic E-state index is 15.4. The van der Waals surface area contributed by atoms with Gasteiger partial charge in [0.05, 0.1) is 41.7 Å². The van der Waals surface area contributed by atoms with Gasteiger partial charge < -0.3 is 14.3 Å². The molecule has 0 bridgehead atoms. The van der Waals surface area contributed by atoms with E-state index in [4.69, 9.17) is 20.8 Å². The van der Waals surface area contributed by atoms with E-state index in [9.17, 15) is 23.9 Å². The van der Waals surface area contributed by atoms with Crippen LogP contribution in [-0.4, -0.2) is 45.8 Å². The summed E-state index contributed by atoms with van der Waals surface area (Å²) in [4.78, 5) is 65.2. The number of phenols is 1. The van der Waals surface area contributed by atoms with Crippen LogP contribution in [0.4, 0.5) is 15.8 Å². The Labute approximate surface area is 341 Å². The molecule has 6 atom stereocenters. The number of fused-ring (bicyclic) bond motifs is 5. The van der Waals surface area contributed by atoms with Gasteiger partial charge in [-0.25, -0.2) is 9.37 Å². The second-order valence-electron chi connectivity index (χ2n) is 15.3. The summed E-state index contributed by atoms with van der Waals surface area (Å²) in [6.07, 6.45) is 2.12. The number of aromatic nitrogens is 1. The van der Waals surface area contributed by atoms with E-state index < -0.39 is 58.5 Å². The van der Waals surface area contributed by atoms with Crippen molar-refractivity contribution in [2.45, 2.75) is 24.2 Å². The molecule has 2 saturated heterocycles. The second-order valence-corrected chi connectivity index (χ2v) is 15.8. The predicted octanol–water partition coefficient (Wildman–Crippen LogP) is 8.19. The molecule has 4 aliphatic rings. The lowest BCUT2D eigenvalue weighted by Gasteiger charge is -2.50. The number of phenolic OH excluding ortho intramolecular Hbond substituents is 1. The second kappa shape index (κ2) is 13.7. The normalized spacial score (nSPS) is 24.9. The van der Waals surface area contributed by atoms with Crippen LogP contribution in [0.15, 0.2) is 131 Å². The fraction of sp³-hybridized carbons (Fsp3) is 0.196. The van der Waals surface area contributed by atoms with Crippen LogP contribution in [0, 0.1) is 29.5 Å². The molecule has 1 saturated carbocycles. The number of allylic oxidation sites excluding steroid dienone is 2. The minimum absolute atomic E-state index is 0.0343.